The third kappa shape index (κ3) is 3.44. The Morgan fingerprint density at radius 1 is 1.44 bits per heavy atom. The maximum absolute atomic E-state index is 13.0. The van der Waals surface area contributed by atoms with E-state index in [0.29, 0.717) is 27.7 Å². The fraction of sp³-hybridized carbons (Fsp3) is 0.294. The topological polar surface area (TPSA) is 63.4 Å². The SMILES string of the molecule is CN(C(=O)c1ccc(Cl)s1)C1CC(=Cc2cc(C(F)F)nc3ncnn23)C1. The Bertz CT molecular complexity index is 1040. The molecule has 0 aromatic carbocycles. The summed E-state index contributed by atoms with van der Waals surface area (Å²) in [6.07, 6.45) is 1.75. The van der Waals surface area contributed by atoms with Gasteiger partial charge in [0.2, 0.25) is 0 Å². The number of rotatable bonds is 4. The second-order valence-corrected chi connectivity index (χ2v) is 7.98. The van der Waals surface area contributed by atoms with E-state index < -0.39 is 6.43 Å². The molecular formula is C17H14ClF2N5OS. The number of amides is 1. The van der Waals surface area contributed by atoms with Crippen LogP contribution in [0.25, 0.3) is 11.9 Å². The maximum atomic E-state index is 13.0. The average Bonchev–Trinajstić information content (AvgIpc) is 3.24. The summed E-state index contributed by atoms with van der Waals surface area (Å²) in [7, 11) is 1.76. The van der Waals surface area contributed by atoms with Crippen LogP contribution in [0.1, 0.15) is 40.3 Å². The van der Waals surface area contributed by atoms with Gasteiger partial charge in [-0.2, -0.15) is 14.6 Å². The molecule has 0 unspecified atom stereocenters. The van der Waals surface area contributed by atoms with Gasteiger partial charge >= 0.3 is 0 Å². The van der Waals surface area contributed by atoms with Crippen molar-refractivity contribution in [3.63, 3.8) is 0 Å². The van der Waals surface area contributed by atoms with Crippen LogP contribution in [0.5, 0.6) is 0 Å². The molecule has 6 nitrogen and oxygen atoms in total. The van der Waals surface area contributed by atoms with E-state index in [-0.39, 0.29) is 23.4 Å². The zero-order chi connectivity index (χ0) is 19.1. The summed E-state index contributed by atoms with van der Waals surface area (Å²) in [5.41, 5.74) is 1.22. The van der Waals surface area contributed by atoms with Crippen molar-refractivity contribution in [1.29, 1.82) is 0 Å². The Balaban J connectivity index is 1.51. The van der Waals surface area contributed by atoms with Crippen LogP contribution in [-0.4, -0.2) is 43.5 Å². The minimum absolute atomic E-state index is 0.0623. The van der Waals surface area contributed by atoms with E-state index in [9.17, 15) is 13.6 Å². The second-order valence-electron chi connectivity index (χ2n) is 6.26. The molecule has 0 atom stereocenters. The summed E-state index contributed by atoms with van der Waals surface area (Å²) < 4.78 is 28.1. The largest absolute Gasteiger partial charge is 0.337 e. The molecule has 1 aliphatic rings. The molecule has 1 fully saturated rings. The smallest absolute Gasteiger partial charge is 0.280 e. The molecular weight excluding hydrogens is 396 g/mol. The van der Waals surface area contributed by atoms with E-state index in [1.165, 1.54) is 28.2 Å². The molecule has 0 saturated heterocycles. The number of carbonyl (C=O) groups is 1. The number of aromatic nitrogens is 4. The van der Waals surface area contributed by atoms with E-state index in [2.05, 4.69) is 15.1 Å². The predicted molar refractivity (Wildman–Crippen MR) is 98.2 cm³/mol. The fourth-order valence-corrected chi connectivity index (χ4v) is 4.01. The van der Waals surface area contributed by atoms with E-state index in [1.807, 2.05) is 6.08 Å². The Labute approximate surface area is 162 Å². The molecule has 0 radical (unpaired) electrons. The van der Waals surface area contributed by atoms with Gasteiger partial charge in [-0.05, 0) is 37.1 Å². The van der Waals surface area contributed by atoms with Gasteiger partial charge in [-0.1, -0.05) is 17.2 Å². The molecule has 0 aliphatic heterocycles. The normalized spacial score (nSPS) is 16.6. The molecule has 0 spiro atoms. The molecule has 140 valence electrons. The summed E-state index contributed by atoms with van der Waals surface area (Å²) in [5, 5.41) is 4.03. The maximum Gasteiger partial charge on any atom is 0.280 e. The van der Waals surface area contributed by atoms with E-state index in [1.54, 1.807) is 24.1 Å². The molecule has 0 N–H and O–H groups in total. The molecule has 4 rings (SSSR count). The first-order valence-electron chi connectivity index (χ1n) is 8.13. The highest BCUT2D eigenvalue weighted by Gasteiger charge is 2.31. The Kier molecular flexibility index (Phi) is 4.65. The second kappa shape index (κ2) is 6.97. The number of carbonyl (C=O) groups excluding carboxylic acids is 1. The molecule has 27 heavy (non-hydrogen) atoms. The Hall–Kier alpha value is -2.39. The Morgan fingerprint density at radius 2 is 2.22 bits per heavy atom. The third-order valence-corrected chi connectivity index (χ3v) is 5.74. The van der Waals surface area contributed by atoms with E-state index in [4.69, 9.17) is 11.6 Å². The van der Waals surface area contributed by atoms with Crippen molar-refractivity contribution in [3.8, 4) is 0 Å². The van der Waals surface area contributed by atoms with Gasteiger partial charge in [0.1, 0.15) is 12.0 Å². The highest BCUT2D eigenvalue weighted by Crippen LogP contribution is 2.34. The number of thiophene rings is 1. The van der Waals surface area contributed by atoms with Crippen molar-refractivity contribution in [1.82, 2.24) is 24.5 Å². The van der Waals surface area contributed by atoms with Gasteiger partial charge in [-0.3, -0.25) is 4.79 Å². The van der Waals surface area contributed by atoms with Crippen LogP contribution >= 0.6 is 22.9 Å². The number of hydrogen-bond donors (Lipinski definition) is 0. The average molecular weight is 410 g/mol. The van der Waals surface area contributed by atoms with Gasteiger partial charge in [-0.25, -0.2) is 13.8 Å². The van der Waals surface area contributed by atoms with E-state index in [0.717, 1.165) is 5.57 Å². The minimum atomic E-state index is -2.68. The summed E-state index contributed by atoms with van der Waals surface area (Å²) in [6, 6.07) is 4.79. The van der Waals surface area contributed by atoms with Crippen molar-refractivity contribution in [2.75, 3.05) is 7.05 Å². The summed E-state index contributed by atoms with van der Waals surface area (Å²) in [6.45, 7) is 0. The minimum Gasteiger partial charge on any atom is -0.337 e. The van der Waals surface area contributed by atoms with Gasteiger partial charge in [0.25, 0.3) is 18.1 Å². The van der Waals surface area contributed by atoms with Crippen LogP contribution < -0.4 is 0 Å². The standard InChI is InChI=1S/C17H14ClF2N5OS/c1-24(16(26)13-2-3-14(18)27-13)10-4-9(5-10)6-11-7-12(15(19)20)23-17-21-8-22-25(11)17/h2-3,6-8,10,15H,4-5H2,1H3. The number of alkyl halides is 2. The van der Waals surface area contributed by atoms with Gasteiger partial charge < -0.3 is 4.90 Å². The highest BCUT2D eigenvalue weighted by molar-refractivity contribution is 7.17. The number of halogens is 3. The van der Waals surface area contributed by atoms with Crippen molar-refractivity contribution in [2.45, 2.75) is 25.3 Å². The van der Waals surface area contributed by atoms with Crippen molar-refractivity contribution < 1.29 is 13.6 Å². The van der Waals surface area contributed by atoms with Gasteiger partial charge in [0.05, 0.1) is 14.9 Å². The summed E-state index contributed by atoms with van der Waals surface area (Å²) in [4.78, 5) is 22.4. The first-order chi connectivity index (χ1) is 12.9. The van der Waals surface area contributed by atoms with Crippen LogP contribution in [0, 0.1) is 0 Å². The monoisotopic (exact) mass is 409 g/mol. The van der Waals surface area contributed by atoms with Crippen LogP contribution in [0.4, 0.5) is 8.78 Å². The lowest BCUT2D eigenvalue weighted by molar-refractivity contribution is 0.0704. The van der Waals surface area contributed by atoms with Crippen molar-refractivity contribution >= 4 is 40.7 Å². The molecule has 3 heterocycles. The lowest BCUT2D eigenvalue weighted by Gasteiger charge is -2.37. The van der Waals surface area contributed by atoms with E-state index >= 15 is 0 Å². The van der Waals surface area contributed by atoms with Crippen LogP contribution in [-0.2, 0) is 0 Å². The molecule has 3 aromatic heterocycles. The quantitative estimate of drug-likeness (QED) is 0.651. The Morgan fingerprint density at radius 3 is 2.89 bits per heavy atom. The lowest BCUT2D eigenvalue weighted by Crippen LogP contribution is -2.42. The van der Waals surface area contributed by atoms with Crippen LogP contribution in [0.3, 0.4) is 0 Å². The lowest BCUT2D eigenvalue weighted by atomic mass is 9.84. The molecule has 1 amide bonds. The summed E-state index contributed by atoms with van der Waals surface area (Å²) in [5.74, 6) is 0.0657. The zero-order valence-electron chi connectivity index (χ0n) is 14.1. The molecule has 3 aromatic rings. The third-order valence-electron chi connectivity index (χ3n) is 4.52. The van der Waals surface area contributed by atoms with Gasteiger partial charge in [0.15, 0.2) is 0 Å². The molecule has 0 bridgehead atoms. The first-order valence-corrected chi connectivity index (χ1v) is 9.32. The first kappa shape index (κ1) is 18.0. The van der Waals surface area contributed by atoms with Gasteiger partial charge in [0, 0.05) is 13.1 Å². The van der Waals surface area contributed by atoms with Crippen molar-refractivity contribution in [2.24, 2.45) is 0 Å². The summed E-state index contributed by atoms with van der Waals surface area (Å²) >= 11 is 7.14. The number of fused-ring (bicyclic) bond motifs is 1. The zero-order valence-corrected chi connectivity index (χ0v) is 15.7. The molecule has 1 saturated carbocycles. The van der Waals surface area contributed by atoms with Crippen LogP contribution in [0.2, 0.25) is 4.34 Å². The highest BCUT2D eigenvalue weighted by atomic mass is 35.5. The molecule has 10 heteroatoms. The predicted octanol–water partition coefficient (Wildman–Crippen LogP) is 4.09. The number of hydrogen-bond acceptors (Lipinski definition) is 5. The van der Waals surface area contributed by atoms with Gasteiger partial charge in [-0.15, -0.1) is 11.3 Å². The fourth-order valence-electron chi connectivity index (χ4n) is 2.98. The number of nitrogens with zero attached hydrogens (tertiary/aromatic N) is 5. The van der Waals surface area contributed by atoms with Crippen molar-refractivity contribution in [3.05, 3.63) is 50.7 Å². The molecule has 1 aliphatic carbocycles. The van der Waals surface area contributed by atoms with Crippen LogP contribution in [0.15, 0.2) is 30.1 Å².